The quantitative estimate of drug-likeness (QED) is 0.870. The maximum Gasteiger partial charge on any atom is 0.335 e. The van der Waals surface area contributed by atoms with Crippen molar-refractivity contribution in [1.82, 2.24) is 4.90 Å². The van der Waals surface area contributed by atoms with Gasteiger partial charge < -0.3 is 9.84 Å². The molecule has 1 fully saturated rings. The summed E-state index contributed by atoms with van der Waals surface area (Å²) >= 11 is 0. The number of carboxylic acids is 1. The van der Waals surface area contributed by atoms with Gasteiger partial charge in [-0.05, 0) is 67.1 Å². The molecule has 0 saturated carbocycles. The number of benzene rings is 2. The first-order valence-corrected chi connectivity index (χ1v) is 8.73. The maximum absolute atomic E-state index is 10.9. The molecular formula is C21H25NO3. The van der Waals surface area contributed by atoms with Gasteiger partial charge in [-0.2, -0.15) is 0 Å². The van der Waals surface area contributed by atoms with Crippen LogP contribution in [-0.2, 0) is 13.0 Å². The number of ether oxygens (including phenoxy) is 1. The average molecular weight is 339 g/mol. The van der Waals surface area contributed by atoms with E-state index >= 15 is 0 Å². The number of hydrogen-bond acceptors (Lipinski definition) is 3. The Morgan fingerprint density at radius 3 is 2.56 bits per heavy atom. The summed E-state index contributed by atoms with van der Waals surface area (Å²) in [6.45, 7) is 5.25. The fourth-order valence-corrected chi connectivity index (χ4v) is 3.64. The monoisotopic (exact) mass is 339 g/mol. The van der Waals surface area contributed by atoms with E-state index in [-0.39, 0.29) is 0 Å². The van der Waals surface area contributed by atoms with Crippen molar-refractivity contribution < 1.29 is 14.6 Å². The first-order valence-electron chi connectivity index (χ1n) is 8.73. The van der Waals surface area contributed by atoms with E-state index in [1.807, 2.05) is 18.2 Å². The molecule has 0 aromatic heterocycles. The molecule has 132 valence electrons. The molecule has 25 heavy (non-hydrogen) atoms. The lowest BCUT2D eigenvalue weighted by atomic mass is 9.98. The van der Waals surface area contributed by atoms with E-state index in [1.165, 1.54) is 23.1 Å². The number of aryl methyl sites for hydroxylation is 1. The second kappa shape index (κ2) is 7.70. The average Bonchev–Trinajstić information content (AvgIpc) is 3.02. The van der Waals surface area contributed by atoms with Crippen LogP contribution in [0.15, 0.2) is 42.5 Å². The molecule has 0 amide bonds. The Morgan fingerprint density at radius 2 is 1.92 bits per heavy atom. The molecule has 0 unspecified atom stereocenters. The van der Waals surface area contributed by atoms with Gasteiger partial charge in [0.2, 0.25) is 0 Å². The third kappa shape index (κ3) is 4.40. The predicted molar refractivity (Wildman–Crippen MR) is 98.2 cm³/mol. The summed E-state index contributed by atoms with van der Waals surface area (Å²) in [6.07, 6.45) is 2.20. The summed E-state index contributed by atoms with van der Waals surface area (Å²) in [4.78, 5) is 13.4. The number of hydrogen-bond donors (Lipinski definition) is 1. The molecule has 1 saturated heterocycles. The SMILES string of the molecule is COc1ccc(CN2CC[C@H](Cc3ccc(C(=O)O)cc3)C2)cc1C. The summed E-state index contributed by atoms with van der Waals surface area (Å²) < 4.78 is 5.33. The minimum Gasteiger partial charge on any atom is -0.496 e. The normalized spacial score (nSPS) is 17.6. The van der Waals surface area contributed by atoms with Crippen molar-refractivity contribution in [2.75, 3.05) is 20.2 Å². The number of aromatic carboxylic acids is 1. The van der Waals surface area contributed by atoms with Crippen LogP contribution in [0, 0.1) is 12.8 Å². The van der Waals surface area contributed by atoms with Crippen molar-refractivity contribution >= 4 is 5.97 Å². The predicted octanol–water partition coefficient (Wildman–Crippen LogP) is 3.77. The first kappa shape index (κ1) is 17.5. The van der Waals surface area contributed by atoms with Gasteiger partial charge in [0.15, 0.2) is 0 Å². The van der Waals surface area contributed by atoms with E-state index in [1.54, 1.807) is 19.2 Å². The molecule has 1 aliphatic heterocycles. The van der Waals surface area contributed by atoms with E-state index in [0.29, 0.717) is 11.5 Å². The lowest BCUT2D eigenvalue weighted by Gasteiger charge is -2.17. The highest BCUT2D eigenvalue weighted by Crippen LogP contribution is 2.24. The molecule has 3 rings (SSSR count). The number of rotatable bonds is 6. The molecule has 4 nitrogen and oxygen atoms in total. The van der Waals surface area contributed by atoms with Crippen LogP contribution >= 0.6 is 0 Å². The van der Waals surface area contributed by atoms with Crippen LogP contribution < -0.4 is 4.74 Å². The van der Waals surface area contributed by atoms with Gasteiger partial charge in [0.25, 0.3) is 0 Å². The Hall–Kier alpha value is -2.33. The van der Waals surface area contributed by atoms with E-state index in [2.05, 4.69) is 24.0 Å². The molecule has 1 heterocycles. The van der Waals surface area contributed by atoms with Gasteiger partial charge in [-0.25, -0.2) is 4.79 Å². The highest BCUT2D eigenvalue weighted by molar-refractivity contribution is 5.87. The summed E-state index contributed by atoms with van der Waals surface area (Å²) in [6, 6.07) is 13.7. The number of methoxy groups -OCH3 is 1. The topological polar surface area (TPSA) is 49.8 Å². The number of nitrogens with zero attached hydrogens (tertiary/aromatic N) is 1. The Bertz CT molecular complexity index is 739. The summed E-state index contributed by atoms with van der Waals surface area (Å²) in [7, 11) is 1.70. The van der Waals surface area contributed by atoms with E-state index in [9.17, 15) is 4.79 Å². The second-order valence-corrected chi connectivity index (χ2v) is 6.90. The van der Waals surface area contributed by atoms with Gasteiger partial charge in [-0.1, -0.05) is 24.3 Å². The van der Waals surface area contributed by atoms with Crippen molar-refractivity contribution in [1.29, 1.82) is 0 Å². The van der Waals surface area contributed by atoms with Crippen molar-refractivity contribution in [3.63, 3.8) is 0 Å². The van der Waals surface area contributed by atoms with Crippen molar-refractivity contribution in [2.24, 2.45) is 5.92 Å². The van der Waals surface area contributed by atoms with Crippen LogP contribution in [-0.4, -0.2) is 36.2 Å². The zero-order valence-corrected chi connectivity index (χ0v) is 14.9. The third-order valence-corrected chi connectivity index (χ3v) is 4.96. The second-order valence-electron chi connectivity index (χ2n) is 6.90. The molecule has 0 bridgehead atoms. The van der Waals surface area contributed by atoms with Crippen LogP contribution in [0.4, 0.5) is 0 Å². The number of carbonyl (C=O) groups is 1. The summed E-state index contributed by atoms with van der Waals surface area (Å²) in [5, 5.41) is 8.97. The lowest BCUT2D eigenvalue weighted by Crippen LogP contribution is -2.20. The Balaban J connectivity index is 1.54. The molecule has 1 aliphatic rings. The number of likely N-dealkylation sites (tertiary alicyclic amines) is 1. The Labute approximate surface area is 149 Å². The van der Waals surface area contributed by atoms with Gasteiger partial charge in [-0.15, -0.1) is 0 Å². The Kier molecular flexibility index (Phi) is 5.39. The summed E-state index contributed by atoms with van der Waals surface area (Å²) in [5.41, 5.74) is 4.07. The van der Waals surface area contributed by atoms with Gasteiger partial charge in [0.05, 0.1) is 12.7 Å². The highest BCUT2D eigenvalue weighted by atomic mass is 16.5. The minimum atomic E-state index is -0.867. The molecular weight excluding hydrogens is 314 g/mol. The fourth-order valence-electron chi connectivity index (χ4n) is 3.64. The minimum absolute atomic E-state index is 0.353. The van der Waals surface area contributed by atoms with Crippen molar-refractivity contribution in [2.45, 2.75) is 26.3 Å². The van der Waals surface area contributed by atoms with Crippen LogP contribution in [0.3, 0.4) is 0 Å². The van der Waals surface area contributed by atoms with Gasteiger partial charge in [0, 0.05) is 13.1 Å². The molecule has 0 radical (unpaired) electrons. The Morgan fingerprint density at radius 1 is 1.20 bits per heavy atom. The van der Waals surface area contributed by atoms with Gasteiger partial charge in [0.1, 0.15) is 5.75 Å². The van der Waals surface area contributed by atoms with E-state index < -0.39 is 5.97 Å². The molecule has 0 spiro atoms. The molecule has 1 N–H and O–H groups in total. The van der Waals surface area contributed by atoms with Crippen LogP contribution in [0.1, 0.15) is 33.5 Å². The zero-order chi connectivity index (χ0) is 17.8. The first-order chi connectivity index (χ1) is 12.0. The fraction of sp³-hybridized carbons (Fsp3) is 0.381. The van der Waals surface area contributed by atoms with E-state index in [4.69, 9.17) is 9.84 Å². The lowest BCUT2D eigenvalue weighted by molar-refractivity contribution is 0.0697. The van der Waals surface area contributed by atoms with Crippen LogP contribution in [0.2, 0.25) is 0 Å². The van der Waals surface area contributed by atoms with Crippen LogP contribution in [0.5, 0.6) is 5.75 Å². The largest absolute Gasteiger partial charge is 0.496 e. The highest BCUT2D eigenvalue weighted by Gasteiger charge is 2.22. The molecule has 1 atom stereocenters. The third-order valence-electron chi connectivity index (χ3n) is 4.96. The van der Waals surface area contributed by atoms with Gasteiger partial charge >= 0.3 is 5.97 Å². The number of carboxylic acid groups (broad SMARTS) is 1. The molecule has 2 aromatic rings. The standard InChI is InChI=1S/C21H25NO3/c1-15-11-17(5-8-20(15)25-2)13-22-10-9-18(14-22)12-16-3-6-19(7-4-16)21(23)24/h3-8,11,18H,9-10,12-14H2,1-2H3,(H,23,24)/t18-/m1/s1. The van der Waals surface area contributed by atoms with Crippen molar-refractivity contribution in [3.8, 4) is 5.75 Å². The molecule has 0 aliphatic carbocycles. The molecule has 4 heteroatoms. The zero-order valence-electron chi connectivity index (χ0n) is 14.9. The summed E-state index contributed by atoms with van der Waals surface area (Å²) in [5.74, 6) is 0.705. The smallest absolute Gasteiger partial charge is 0.335 e. The van der Waals surface area contributed by atoms with Gasteiger partial charge in [-0.3, -0.25) is 4.90 Å². The molecule has 2 aromatic carbocycles. The maximum atomic E-state index is 10.9. The van der Waals surface area contributed by atoms with E-state index in [0.717, 1.165) is 31.8 Å². The van der Waals surface area contributed by atoms with Crippen molar-refractivity contribution in [3.05, 3.63) is 64.7 Å². The van der Waals surface area contributed by atoms with Crippen LogP contribution in [0.25, 0.3) is 0 Å².